The standard InChI is InChI=1S/C11H18N2O3/c1-13-4-2-7(3-5-13)8-6-9(11(15)16)12-10(8)14/h7-9H,2-6H2,1H3,(H,12,14)(H,15,16). The zero-order chi connectivity index (χ0) is 11.7. The van der Waals surface area contributed by atoms with E-state index in [-0.39, 0.29) is 11.8 Å². The largest absolute Gasteiger partial charge is 0.480 e. The number of aliphatic carboxylic acids is 1. The fourth-order valence-electron chi connectivity index (χ4n) is 2.70. The number of hydrogen-bond donors (Lipinski definition) is 2. The molecule has 90 valence electrons. The highest BCUT2D eigenvalue weighted by Gasteiger charge is 2.40. The molecule has 5 nitrogen and oxygen atoms in total. The van der Waals surface area contributed by atoms with Crippen LogP contribution in [-0.4, -0.2) is 48.1 Å². The van der Waals surface area contributed by atoms with Crippen LogP contribution >= 0.6 is 0 Å². The molecule has 2 aliphatic rings. The van der Waals surface area contributed by atoms with Crippen LogP contribution < -0.4 is 5.32 Å². The van der Waals surface area contributed by atoms with E-state index in [0.29, 0.717) is 12.3 Å². The van der Waals surface area contributed by atoms with Gasteiger partial charge in [-0.15, -0.1) is 0 Å². The van der Waals surface area contributed by atoms with Gasteiger partial charge in [-0.05, 0) is 45.3 Å². The van der Waals surface area contributed by atoms with Gasteiger partial charge in [0.2, 0.25) is 5.91 Å². The highest BCUT2D eigenvalue weighted by molar-refractivity contribution is 5.89. The molecule has 0 aromatic heterocycles. The second-order valence-corrected chi connectivity index (χ2v) is 4.88. The van der Waals surface area contributed by atoms with Gasteiger partial charge in [-0.2, -0.15) is 0 Å². The van der Waals surface area contributed by atoms with Gasteiger partial charge in [-0.25, -0.2) is 4.79 Å². The first-order valence-corrected chi connectivity index (χ1v) is 5.79. The lowest BCUT2D eigenvalue weighted by atomic mass is 9.82. The van der Waals surface area contributed by atoms with Gasteiger partial charge in [-0.3, -0.25) is 4.79 Å². The van der Waals surface area contributed by atoms with Gasteiger partial charge >= 0.3 is 5.97 Å². The SMILES string of the molecule is CN1CCC(C2CC(C(=O)O)NC2=O)CC1. The van der Waals surface area contributed by atoms with Crippen molar-refractivity contribution in [2.24, 2.45) is 11.8 Å². The lowest BCUT2D eigenvalue weighted by molar-refractivity contribution is -0.140. The van der Waals surface area contributed by atoms with Crippen molar-refractivity contribution in [2.75, 3.05) is 20.1 Å². The van der Waals surface area contributed by atoms with Crippen LogP contribution in [0.3, 0.4) is 0 Å². The van der Waals surface area contributed by atoms with E-state index in [1.807, 2.05) is 0 Å². The maximum absolute atomic E-state index is 11.7. The molecule has 0 radical (unpaired) electrons. The Morgan fingerprint density at radius 3 is 2.56 bits per heavy atom. The topological polar surface area (TPSA) is 69.6 Å². The van der Waals surface area contributed by atoms with Crippen molar-refractivity contribution in [1.29, 1.82) is 0 Å². The molecule has 2 saturated heterocycles. The van der Waals surface area contributed by atoms with E-state index in [9.17, 15) is 9.59 Å². The highest BCUT2D eigenvalue weighted by atomic mass is 16.4. The lowest BCUT2D eigenvalue weighted by Crippen LogP contribution is -2.36. The third kappa shape index (κ3) is 2.19. The summed E-state index contributed by atoms with van der Waals surface area (Å²) in [5.41, 5.74) is 0. The molecule has 0 saturated carbocycles. The fraction of sp³-hybridized carbons (Fsp3) is 0.818. The molecular weight excluding hydrogens is 208 g/mol. The van der Waals surface area contributed by atoms with Gasteiger partial charge in [0, 0.05) is 5.92 Å². The Bertz CT molecular complexity index is 298. The molecule has 0 bridgehead atoms. The van der Waals surface area contributed by atoms with Crippen molar-refractivity contribution < 1.29 is 14.7 Å². The minimum absolute atomic E-state index is 0.0676. The highest BCUT2D eigenvalue weighted by Crippen LogP contribution is 2.31. The number of nitrogens with one attached hydrogen (secondary N) is 1. The first-order valence-electron chi connectivity index (χ1n) is 5.79. The number of carbonyl (C=O) groups excluding carboxylic acids is 1. The summed E-state index contributed by atoms with van der Waals surface area (Å²) in [6.45, 7) is 2.01. The summed E-state index contributed by atoms with van der Waals surface area (Å²) in [6, 6.07) is -0.669. The van der Waals surface area contributed by atoms with Crippen molar-refractivity contribution >= 4 is 11.9 Å². The Morgan fingerprint density at radius 2 is 2.06 bits per heavy atom. The summed E-state index contributed by atoms with van der Waals surface area (Å²) in [7, 11) is 2.07. The normalized spacial score (nSPS) is 32.7. The zero-order valence-electron chi connectivity index (χ0n) is 9.48. The Labute approximate surface area is 94.8 Å². The quantitative estimate of drug-likeness (QED) is 0.691. The van der Waals surface area contributed by atoms with E-state index in [4.69, 9.17) is 5.11 Å². The molecule has 0 aromatic rings. The third-order valence-electron chi connectivity index (χ3n) is 3.77. The van der Waals surface area contributed by atoms with Crippen LogP contribution in [0.4, 0.5) is 0 Å². The Morgan fingerprint density at radius 1 is 1.44 bits per heavy atom. The second-order valence-electron chi connectivity index (χ2n) is 4.88. The third-order valence-corrected chi connectivity index (χ3v) is 3.77. The van der Waals surface area contributed by atoms with E-state index in [0.717, 1.165) is 25.9 Å². The summed E-state index contributed by atoms with van der Waals surface area (Å²) < 4.78 is 0. The molecule has 0 aliphatic carbocycles. The van der Waals surface area contributed by atoms with Gasteiger partial charge in [0.15, 0.2) is 0 Å². The van der Waals surface area contributed by atoms with Gasteiger partial charge in [0.05, 0.1) is 0 Å². The van der Waals surface area contributed by atoms with E-state index in [1.54, 1.807) is 0 Å². The number of carboxylic acid groups (broad SMARTS) is 1. The predicted octanol–water partition coefficient (Wildman–Crippen LogP) is -0.0825. The molecular formula is C11H18N2O3. The van der Waals surface area contributed by atoms with E-state index in [2.05, 4.69) is 17.3 Å². The molecule has 5 heteroatoms. The molecule has 16 heavy (non-hydrogen) atoms. The first-order chi connectivity index (χ1) is 7.58. The van der Waals surface area contributed by atoms with Gasteiger partial charge in [0.1, 0.15) is 6.04 Å². The first kappa shape index (κ1) is 11.4. The van der Waals surface area contributed by atoms with Crippen molar-refractivity contribution in [2.45, 2.75) is 25.3 Å². The zero-order valence-corrected chi connectivity index (χ0v) is 9.48. The Hall–Kier alpha value is -1.10. The van der Waals surface area contributed by atoms with Gasteiger partial charge < -0.3 is 15.3 Å². The Kier molecular flexibility index (Phi) is 3.14. The summed E-state index contributed by atoms with van der Waals surface area (Å²) in [5, 5.41) is 11.4. The Balaban J connectivity index is 1.95. The van der Waals surface area contributed by atoms with E-state index < -0.39 is 12.0 Å². The van der Waals surface area contributed by atoms with Crippen LogP contribution in [0.15, 0.2) is 0 Å². The number of rotatable bonds is 2. The van der Waals surface area contributed by atoms with Gasteiger partial charge in [-0.1, -0.05) is 0 Å². The van der Waals surface area contributed by atoms with Crippen LogP contribution in [0.1, 0.15) is 19.3 Å². The van der Waals surface area contributed by atoms with Crippen molar-refractivity contribution in [3.63, 3.8) is 0 Å². The molecule has 0 spiro atoms. The molecule has 2 heterocycles. The molecule has 2 atom stereocenters. The number of piperidine rings is 1. The monoisotopic (exact) mass is 226 g/mol. The fourth-order valence-corrected chi connectivity index (χ4v) is 2.70. The molecule has 0 aromatic carbocycles. The van der Waals surface area contributed by atoms with Crippen LogP contribution in [0, 0.1) is 11.8 Å². The average molecular weight is 226 g/mol. The summed E-state index contributed by atoms with van der Waals surface area (Å²) in [6.07, 6.45) is 2.46. The summed E-state index contributed by atoms with van der Waals surface area (Å²) in [5.74, 6) is -0.707. The smallest absolute Gasteiger partial charge is 0.326 e. The number of hydrogen-bond acceptors (Lipinski definition) is 3. The predicted molar refractivity (Wildman–Crippen MR) is 57.9 cm³/mol. The van der Waals surface area contributed by atoms with Crippen molar-refractivity contribution in [3.8, 4) is 0 Å². The molecule has 2 unspecified atom stereocenters. The number of likely N-dealkylation sites (tertiary alicyclic amines) is 1. The van der Waals surface area contributed by atoms with E-state index >= 15 is 0 Å². The number of amides is 1. The van der Waals surface area contributed by atoms with Crippen molar-refractivity contribution in [3.05, 3.63) is 0 Å². The molecule has 2 fully saturated rings. The van der Waals surface area contributed by atoms with Crippen LogP contribution in [0.25, 0.3) is 0 Å². The van der Waals surface area contributed by atoms with Crippen LogP contribution in [0.5, 0.6) is 0 Å². The van der Waals surface area contributed by atoms with Crippen LogP contribution in [0.2, 0.25) is 0 Å². The summed E-state index contributed by atoms with van der Waals surface area (Å²) >= 11 is 0. The second kappa shape index (κ2) is 4.41. The van der Waals surface area contributed by atoms with Crippen LogP contribution in [-0.2, 0) is 9.59 Å². The molecule has 2 rings (SSSR count). The lowest BCUT2D eigenvalue weighted by Gasteiger charge is -2.31. The summed E-state index contributed by atoms with van der Waals surface area (Å²) in [4.78, 5) is 24.7. The minimum Gasteiger partial charge on any atom is -0.480 e. The maximum atomic E-state index is 11.7. The van der Waals surface area contributed by atoms with E-state index in [1.165, 1.54) is 0 Å². The average Bonchev–Trinajstić information content (AvgIpc) is 2.62. The number of carbonyl (C=O) groups is 2. The number of nitrogens with zero attached hydrogens (tertiary/aromatic N) is 1. The minimum atomic E-state index is -0.913. The maximum Gasteiger partial charge on any atom is 0.326 e. The molecule has 2 aliphatic heterocycles. The van der Waals surface area contributed by atoms with Gasteiger partial charge in [0.25, 0.3) is 0 Å². The number of carboxylic acids is 1. The molecule has 2 N–H and O–H groups in total. The van der Waals surface area contributed by atoms with Crippen molar-refractivity contribution in [1.82, 2.24) is 10.2 Å². The molecule has 1 amide bonds.